The fraction of sp³-hybridized carbons (Fsp3) is 0.333. The minimum absolute atomic E-state index is 0.0169. The van der Waals surface area contributed by atoms with Gasteiger partial charge in [0.15, 0.2) is 4.34 Å². The first kappa shape index (κ1) is 24.1. The predicted molar refractivity (Wildman–Crippen MR) is 121 cm³/mol. The summed E-state index contributed by atoms with van der Waals surface area (Å²) in [7, 11) is 0. The van der Waals surface area contributed by atoms with Crippen molar-refractivity contribution in [1.82, 2.24) is 20.4 Å². The largest absolute Gasteiger partial charge is 0.467 e. The molecule has 3 heterocycles. The second kappa shape index (κ2) is 10.5. The average Bonchev–Trinajstić information content (AvgIpc) is 3.53. The van der Waals surface area contributed by atoms with Gasteiger partial charge in [-0.25, -0.2) is 0 Å². The minimum atomic E-state index is -4.50. The van der Waals surface area contributed by atoms with Gasteiger partial charge in [-0.15, -0.1) is 10.2 Å². The van der Waals surface area contributed by atoms with Gasteiger partial charge in [0.1, 0.15) is 5.76 Å². The fourth-order valence-electron chi connectivity index (χ4n) is 3.28. The Hall–Kier alpha value is -3.06. The third-order valence-electron chi connectivity index (χ3n) is 5.04. The van der Waals surface area contributed by atoms with Crippen LogP contribution in [0.25, 0.3) is 0 Å². The summed E-state index contributed by atoms with van der Waals surface area (Å²) in [5.41, 5.74) is -0.825. The highest BCUT2D eigenvalue weighted by atomic mass is 32.2. The molecule has 0 spiro atoms. The van der Waals surface area contributed by atoms with Crippen LogP contribution in [0.2, 0.25) is 0 Å². The molecule has 8 nitrogen and oxygen atoms in total. The highest BCUT2D eigenvalue weighted by Crippen LogP contribution is 2.31. The Balaban J connectivity index is 1.25. The molecule has 1 aromatic carbocycles. The summed E-state index contributed by atoms with van der Waals surface area (Å²) in [6, 6.07) is 7.99. The number of halogens is 3. The molecule has 34 heavy (non-hydrogen) atoms. The molecule has 1 aliphatic rings. The zero-order valence-electron chi connectivity index (χ0n) is 17.7. The predicted octanol–water partition coefficient (Wildman–Crippen LogP) is 3.52. The van der Waals surface area contributed by atoms with Crippen molar-refractivity contribution in [3.05, 3.63) is 59.5 Å². The number of aromatic nitrogens is 2. The van der Waals surface area contributed by atoms with E-state index in [1.807, 2.05) is 4.90 Å². The lowest BCUT2D eigenvalue weighted by Gasteiger charge is -2.34. The Morgan fingerprint density at radius 2 is 1.91 bits per heavy atom. The number of hydrogen-bond acceptors (Lipinski definition) is 8. The van der Waals surface area contributed by atoms with Gasteiger partial charge in [0.05, 0.1) is 24.1 Å². The standard InChI is InChI=1S/C21H20F3N5O3S2/c22-21(23,24)15-4-1-3-14(11-15)18(31)28-6-8-29(9-7-28)19-26-27-20(34-19)33-13-17(30)25-12-16-5-2-10-32-16/h1-5,10-11H,6-9,12-13H2,(H,25,30). The highest BCUT2D eigenvalue weighted by molar-refractivity contribution is 8.01. The highest BCUT2D eigenvalue weighted by Gasteiger charge is 2.32. The van der Waals surface area contributed by atoms with E-state index in [2.05, 4.69) is 15.5 Å². The number of anilines is 1. The molecule has 0 aliphatic carbocycles. The van der Waals surface area contributed by atoms with E-state index in [0.717, 1.165) is 12.1 Å². The number of benzene rings is 1. The fourth-order valence-corrected chi connectivity index (χ4v) is 5.00. The van der Waals surface area contributed by atoms with E-state index in [4.69, 9.17) is 4.42 Å². The number of furan rings is 1. The summed E-state index contributed by atoms with van der Waals surface area (Å²) in [4.78, 5) is 28.2. The molecule has 0 bridgehead atoms. The van der Waals surface area contributed by atoms with Crippen LogP contribution in [0.3, 0.4) is 0 Å². The first-order valence-corrected chi connectivity index (χ1v) is 12.1. The number of rotatable bonds is 7. The second-order valence-corrected chi connectivity index (χ2v) is 9.53. The van der Waals surface area contributed by atoms with Crippen molar-refractivity contribution in [2.75, 3.05) is 36.8 Å². The van der Waals surface area contributed by atoms with Crippen LogP contribution in [-0.4, -0.2) is 58.8 Å². The normalized spacial score (nSPS) is 14.3. The molecule has 180 valence electrons. The van der Waals surface area contributed by atoms with E-state index in [0.29, 0.717) is 48.0 Å². The Kier molecular flexibility index (Phi) is 7.41. The zero-order chi connectivity index (χ0) is 24.1. The zero-order valence-corrected chi connectivity index (χ0v) is 19.4. The van der Waals surface area contributed by atoms with Crippen molar-refractivity contribution in [1.29, 1.82) is 0 Å². The number of piperazine rings is 1. The van der Waals surface area contributed by atoms with Gasteiger partial charge < -0.3 is 19.5 Å². The van der Waals surface area contributed by atoms with Crippen LogP contribution in [0.5, 0.6) is 0 Å². The monoisotopic (exact) mass is 511 g/mol. The van der Waals surface area contributed by atoms with E-state index in [9.17, 15) is 22.8 Å². The van der Waals surface area contributed by atoms with Gasteiger partial charge in [-0.3, -0.25) is 9.59 Å². The lowest BCUT2D eigenvalue weighted by molar-refractivity contribution is -0.137. The smallest absolute Gasteiger partial charge is 0.416 e. The van der Waals surface area contributed by atoms with Crippen LogP contribution in [0.4, 0.5) is 18.3 Å². The maximum atomic E-state index is 12.9. The summed E-state index contributed by atoms with van der Waals surface area (Å²) in [5.74, 6) is 0.274. The second-order valence-electron chi connectivity index (χ2n) is 7.35. The molecule has 0 radical (unpaired) electrons. The van der Waals surface area contributed by atoms with Crippen LogP contribution in [0.1, 0.15) is 21.7 Å². The van der Waals surface area contributed by atoms with Gasteiger partial charge >= 0.3 is 6.18 Å². The van der Waals surface area contributed by atoms with E-state index < -0.39 is 17.6 Å². The molecule has 1 saturated heterocycles. The van der Waals surface area contributed by atoms with E-state index in [-0.39, 0.29) is 17.2 Å². The van der Waals surface area contributed by atoms with Crippen molar-refractivity contribution in [2.24, 2.45) is 0 Å². The van der Waals surface area contributed by atoms with Gasteiger partial charge in [-0.05, 0) is 30.3 Å². The van der Waals surface area contributed by atoms with Crippen LogP contribution in [0.15, 0.2) is 51.4 Å². The number of hydrogen-bond donors (Lipinski definition) is 1. The molecule has 13 heteroatoms. The Morgan fingerprint density at radius 3 is 2.62 bits per heavy atom. The first-order valence-electron chi connectivity index (χ1n) is 10.3. The summed E-state index contributed by atoms with van der Waals surface area (Å²) < 4.78 is 44.6. The molecule has 2 aromatic heterocycles. The summed E-state index contributed by atoms with van der Waals surface area (Å²) in [6.45, 7) is 1.98. The number of alkyl halides is 3. The van der Waals surface area contributed by atoms with Crippen LogP contribution < -0.4 is 10.2 Å². The topological polar surface area (TPSA) is 91.6 Å². The van der Waals surface area contributed by atoms with Crippen LogP contribution in [-0.2, 0) is 17.5 Å². The Morgan fingerprint density at radius 1 is 1.12 bits per heavy atom. The SMILES string of the molecule is O=C(CSc1nnc(N2CCN(C(=O)c3cccc(C(F)(F)F)c3)CC2)s1)NCc1ccco1. The van der Waals surface area contributed by atoms with Gasteiger partial charge in [0.2, 0.25) is 11.0 Å². The van der Waals surface area contributed by atoms with E-state index in [1.165, 1.54) is 40.1 Å². The lowest BCUT2D eigenvalue weighted by Crippen LogP contribution is -2.48. The molecule has 0 unspecified atom stereocenters. The molecule has 0 saturated carbocycles. The minimum Gasteiger partial charge on any atom is -0.467 e. The molecule has 2 amide bonds. The first-order chi connectivity index (χ1) is 16.3. The van der Waals surface area contributed by atoms with Crippen molar-refractivity contribution in [3.63, 3.8) is 0 Å². The van der Waals surface area contributed by atoms with Crippen molar-refractivity contribution in [3.8, 4) is 0 Å². The van der Waals surface area contributed by atoms with Gasteiger partial charge in [0, 0.05) is 31.7 Å². The lowest BCUT2D eigenvalue weighted by atomic mass is 10.1. The molecule has 4 rings (SSSR count). The molecular formula is C21H20F3N5O3S2. The Labute approximate surface area is 201 Å². The average molecular weight is 512 g/mol. The van der Waals surface area contributed by atoms with E-state index in [1.54, 1.807) is 18.4 Å². The number of carbonyl (C=O) groups excluding carboxylic acids is 2. The molecule has 1 N–H and O–H groups in total. The molecule has 3 aromatic rings. The van der Waals surface area contributed by atoms with Crippen LogP contribution in [0, 0.1) is 0 Å². The van der Waals surface area contributed by atoms with Crippen molar-refractivity contribution < 1.29 is 27.2 Å². The van der Waals surface area contributed by atoms with Gasteiger partial charge in [0.25, 0.3) is 5.91 Å². The van der Waals surface area contributed by atoms with Crippen LogP contribution >= 0.6 is 23.1 Å². The number of nitrogens with zero attached hydrogens (tertiary/aromatic N) is 4. The van der Waals surface area contributed by atoms with Crippen molar-refractivity contribution >= 4 is 40.0 Å². The van der Waals surface area contributed by atoms with Gasteiger partial charge in [-0.2, -0.15) is 13.2 Å². The maximum absolute atomic E-state index is 12.9. The van der Waals surface area contributed by atoms with Gasteiger partial charge in [-0.1, -0.05) is 29.2 Å². The Bertz CT molecular complexity index is 1130. The third-order valence-corrected chi connectivity index (χ3v) is 7.15. The molecular weight excluding hydrogens is 491 g/mol. The quantitative estimate of drug-likeness (QED) is 0.486. The number of carbonyl (C=O) groups is 2. The summed E-state index contributed by atoms with van der Waals surface area (Å²) >= 11 is 2.62. The van der Waals surface area contributed by atoms with Crippen molar-refractivity contribution in [2.45, 2.75) is 17.1 Å². The number of nitrogens with one attached hydrogen (secondary N) is 1. The molecule has 1 aliphatic heterocycles. The summed E-state index contributed by atoms with van der Waals surface area (Å²) in [5, 5.41) is 11.7. The molecule has 1 fully saturated rings. The number of amides is 2. The van der Waals surface area contributed by atoms with E-state index >= 15 is 0 Å². The summed E-state index contributed by atoms with van der Waals surface area (Å²) in [6.07, 6.45) is -2.96. The maximum Gasteiger partial charge on any atom is 0.416 e. The third kappa shape index (κ3) is 6.08. The number of thioether (sulfide) groups is 1. The molecule has 0 atom stereocenters.